The highest BCUT2D eigenvalue weighted by atomic mass is 19.1. The van der Waals surface area contributed by atoms with E-state index >= 15 is 0 Å². The van der Waals surface area contributed by atoms with Crippen molar-refractivity contribution in [3.63, 3.8) is 0 Å². The van der Waals surface area contributed by atoms with Crippen LogP contribution in [0.15, 0.2) is 60.9 Å². The van der Waals surface area contributed by atoms with Crippen molar-refractivity contribution in [3.05, 3.63) is 72.2 Å². The average molecular weight is 327 g/mol. The Morgan fingerprint density at radius 1 is 1.17 bits per heavy atom. The number of benzene rings is 2. The van der Waals surface area contributed by atoms with E-state index in [1.807, 2.05) is 24.3 Å². The molecule has 1 heterocycles. The largest absolute Gasteiger partial charge is 0.513 e. The smallest absolute Gasteiger partial charge is 0.123 e. The van der Waals surface area contributed by atoms with Gasteiger partial charge in [-0.2, -0.15) is 0 Å². The highest BCUT2D eigenvalue weighted by molar-refractivity contribution is 5.51. The Labute approximate surface area is 142 Å². The van der Waals surface area contributed by atoms with Crippen LogP contribution in [0.25, 0.3) is 0 Å². The molecule has 0 bridgehead atoms. The third-order valence-corrected chi connectivity index (χ3v) is 4.34. The van der Waals surface area contributed by atoms with Gasteiger partial charge >= 0.3 is 0 Å². The van der Waals surface area contributed by atoms with Crippen molar-refractivity contribution in [1.29, 1.82) is 0 Å². The number of nitrogens with zero attached hydrogens (tertiary/aromatic N) is 1. The first kappa shape index (κ1) is 16.4. The fourth-order valence-corrected chi connectivity index (χ4v) is 3.14. The van der Waals surface area contributed by atoms with Gasteiger partial charge in [0.25, 0.3) is 0 Å². The summed E-state index contributed by atoms with van der Waals surface area (Å²) in [7, 11) is 0. The Balaban J connectivity index is 1.60. The Morgan fingerprint density at radius 2 is 1.88 bits per heavy atom. The van der Waals surface area contributed by atoms with Crippen molar-refractivity contribution in [2.75, 3.05) is 11.4 Å². The zero-order valence-electron chi connectivity index (χ0n) is 13.6. The number of aliphatic hydroxyl groups is 1. The lowest BCUT2D eigenvalue weighted by molar-refractivity contribution is 0.306. The number of ether oxygens (including phenoxy) is 1. The Hall–Kier alpha value is -2.49. The summed E-state index contributed by atoms with van der Waals surface area (Å²) in [5, 5.41) is 9.45. The summed E-state index contributed by atoms with van der Waals surface area (Å²) in [6.45, 7) is 5.01. The molecule has 1 unspecified atom stereocenters. The highest BCUT2D eigenvalue weighted by Gasteiger charge is 2.25. The molecule has 1 aliphatic rings. The van der Waals surface area contributed by atoms with Crippen LogP contribution in [-0.2, 0) is 6.61 Å². The number of hydrogen-bond acceptors (Lipinski definition) is 3. The van der Waals surface area contributed by atoms with Crippen LogP contribution in [0.2, 0.25) is 0 Å². The molecular formula is C20H22FNO2. The number of aliphatic hydroxyl groups excluding tert-OH is 1. The van der Waals surface area contributed by atoms with Gasteiger partial charge in [0.05, 0.1) is 5.76 Å². The van der Waals surface area contributed by atoms with Gasteiger partial charge in [0.15, 0.2) is 0 Å². The molecule has 126 valence electrons. The predicted molar refractivity (Wildman–Crippen MR) is 93.9 cm³/mol. The minimum Gasteiger partial charge on any atom is -0.513 e. The number of rotatable bonds is 6. The van der Waals surface area contributed by atoms with Crippen molar-refractivity contribution in [2.45, 2.75) is 31.9 Å². The first-order valence-corrected chi connectivity index (χ1v) is 8.22. The third kappa shape index (κ3) is 4.07. The van der Waals surface area contributed by atoms with Crippen molar-refractivity contribution in [2.24, 2.45) is 0 Å². The highest BCUT2D eigenvalue weighted by Crippen LogP contribution is 2.30. The Bertz CT molecular complexity index is 682. The molecule has 0 aromatic heterocycles. The predicted octanol–water partition coefficient (Wildman–Crippen LogP) is 4.84. The van der Waals surface area contributed by atoms with Gasteiger partial charge in [0, 0.05) is 24.7 Å². The fourth-order valence-electron chi connectivity index (χ4n) is 3.14. The molecule has 1 aliphatic heterocycles. The molecule has 2 aromatic rings. The SMILES string of the molecule is C=C(O)CC1CCCN1c1ccc(OCc2ccc(F)cc2)cc1. The van der Waals surface area contributed by atoms with E-state index in [2.05, 4.69) is 11.5 Å². The van der Waals surface area contributed by atoms with E-state index in [1.165, 1.54) is 12.1 Å². The van der Waals surface area contributed by atoms with Crippen molar-refractivity contribution in [1.82, 2.24) is 0 Å². The first-order valence-electron chi connectivity index (χ1n) is 8.22. The van der Waals surface area contributed by atoms with Gasteiger partial charge in [-0.1, -0.05) is 18.7 Å². The fraction of sp³-hybridized carbons (Fsp3) is 0.300. The zero-order valence-corrected chi connectivity index (χ0v) is 13.6. The molecule has 0 spiro atoms. The maximum atomic E-state index is 12.9. The van der Waals surface area contributed by atoms with E-state index in [0.717, 1.165) is 36.4 Å². The average Bonchev–Trinajstić information content (AvgIpc) is 3.02. The molecule has 0 saturated carbocycles. The minimum atomic E-state index is -0.242. The Morgan fingerprint density at radius 3 is 2.54 bits per heavy atom. The molecule has 4 heteroatoms. The van der Waals surface area contributed by atoms with E-state index in [9.17, 15) is 9.50 Å². The van der Waals surface area contributed by atoms with Crippen LogP contribution >= 0.6 is 0 Å². The van der Waals surface area contributed by atoms with E-state index in [4.69, 9.17) is 4.74 Å². The summed E-state index contributed by atoms with van der Waals surface area (Å²) in [4.78, 5) is 2.31. The van der Waals surface area contributed by atoms with E-state index in [0.29, 0.717) is 19.1 Å². The molecule has 24 heavy (non-hydrogen) atoms. The molecule has 0 aliphatic carbocycles. The minimum absolute atomic E-state index is 0.242. The summed E-state index contributed by atoms with van der Waals surface area (Å²) >= 11 is 0. The van der Waals surface area contributed by atoms with Gasteiger partial charge in [-0.3, -0.25) is 0 Å². The molecule has 0 radical (unpaired) electrons. The second-order valence-corrected chi connectivity index (χ2v) is 6.17. The number of hydrogen-bond donors (Lipinski definition) is 1. The van der Waals surface area contributed by atoms with Crippen LogP contribution in [0.4, 0.5) is 10.1 Å². The second-order valence-electron chi connectivity index (χ2n) is 6.17. The lowest BCUT2D eigenvalue weighted by atomic mass is 10.1. The third-order valence-electron chi connectivity index (χ3n) is 4.34. The van der Waals surface area contributed by atoms with E-state index < -0.39 is 0 Å². The normalized spacial score (nSPS) is 17.0. The zero-order chi connectivity index (χ0) is 16.9. The van der Waals surface area contributed by atoms with Crippen molar-refractivity contribution in [3.8, 4) is 5.75 Å². The van der Waals surface area contributed by atoms with Gasteiger partial charge < -0.3 is 14.7 Å². The molecule has 1 atom stereocenters. The van der Waals surface area contributed by atoms with Crippen LogP contribution in [0.1, 0.15) is 24.8 Å². The summed E-state index contributed by atoms with van der Waals surface area (Å²) in [6, 6.07) is 14.6. The summed E-state index contributed by atoms with van der Waals surface area (Å²) in [6.07, 6.45) is 2.81. The summed E-state index contributed by atoms with van der Waals surface area (Å²) in [5.41, 5.74) is 2.06. The van der Waals surface area contributed by atoms with Crippen LogP contribution in [0.5, 0.6) is 5.75 Å². The summed E-state index contributed by atoms with van der Waals surface area (Å²) in [5.74, 6) is 0.783. The lowest BCUT2D eigenvalue weighted by Crippen LogP contribution is -2.29. The molecule has 1 saturated heterocycles. The van der Waals surface area contributed by atoms with Gasteiger partial charge in [0.2, 0.25) is 0 Å². The van der Waals surface area contributed by atoms with Crippen LogP contribution in [-0.4, -0.2) is 17.7 Å². The molecule has 0 amide bonds. The Kier molecular flexibility index (Phi) is 5.04. The van der Waals surface area contributed by atoms with Crippen LogP contribution in [0, 0.1) is 5.82 Å². The van der Waals surface area contributed by atoms with Gasteiger partial charge in [-0.15, -0.1) is 0 Å². The topological polar surface area (TPSA) is 32.7 Å². The maximum absolute atomic E-state index is 12.9. The van der Waals surface area contributed by atoms with Crippen LogP contribution < -0.4 is 9.64 Å². The lowest BCUT2D eigenvalue weighted by Gasteiger charge is -2.26. The molecule has 2 aromatic carbocycles. The molecule has 3 nitrogen and oxygen atoms in total. The number of halogens is 1. The van der Waals surface area contributed by atoms with Gasteiger partial charge in [-0.25, -0.2) is 4.39 Å². The second kappa shape index (κ2) is 7.39. The van der Waals surface area contributed by atoms with Crippen molar-refractivity contribution < 1.29 is 14.2 Å². The standard InChI is InChI=1S/C20H22FNO2/c1-15(23)13-19-3-2-12-22(19)18-8-10-20(11-9-18)24-14-16-4-6-17(21)7-5-16/h4-11,19,23H,1-3,12-14H2. The van der Waals surface area contributed by atoms with Gasteiger partial charge in [-0.05, 0) is 54.8 Å². The molecule has 3 rings (SSSR count). The molecule has 1 fully saturated rings. The molecule has 1 N–H and O–H groups in total. The summed E-state index contributed by atoms with van der Waals surface area (Å²) < 4.78 is 18.6. The van der Waals surface area contributed by atoms with E-state index in [1.54, 1.807) is 12.1 Å². The van der Waals surface area contributed by atoms with Gasteiger partial charge in [0.1, 0.15) is 18.2 Å². The monoisotopic (exact) mass is 327 g/mol. The number of anilines is 1. The molecular weight excluding hydrogens is 305 g/mol. The van der Waals surface area contributed by atoms with Crippen LogP contribution in [0.3, 0.4) is 0 Å². The van der Waals surface area contributed by atoms with E-state index in [-0.39, 0.29) is 11.6 Å². The first-order chi connectivity index (χ1) is 11.6. The van der Waals surface area contributed by atoms with Crippen molar-refractivity contribution >= 4 is 5.69 Å². The quantitative estimate of drug-likeness (QED) is 0.771. The maximum Gasteiger partial charge on any atom is 0.123 e.